The molecule has 15 heteroatoms. The van der Waals surface area contributed by atoms with E-state index in [0.29, 0.717) is 57.7 Å². The molecule has 6 heterocycles. The molecule has 4 aliphatic heterocycles. The predicted molar refractivity (Wildman–Crippen MR) is 234 cm³/mol. The monoisotopic (exact) mass is 866 g/mol. The van der Waals surface area contributed by atoms with Crippen molar-refractivity contribution >= 4 is 23.5 Å². The molecule has 3 N–H and O–H groups in total. The summed E-state index contributed by atoms with van der Waals surface area (Å²) < 4.78 is 52.1. The molecule has 3 aromatic carbocycles. The lowest BCUT2D eigenvalue weighted by atomic mass is 9.99. The van der Waals surface area contributed by atoms with Crippen LogP contribution < -0.4 is 24.6 Å². The van der Waals surface area contributed by atoms with Crippen LogP contribution in [0, 0.1) is 29.3 Å². The van der Waals surface area contributed by atoms with Crippen molar-refractivity contribution in [3.63, 3.8) is 0 Å². The highest BCUT2D eigenvalue weighted by molar-refractivity contribution is 5.80. The maximum atomic E-state index is 14.8. The molecular weight excluding hydrogens is 814 g/mol. The van der Waals surface area contributed by atoms with Crippen molar-refractivity contribution < 1.29 is 42.4 Å². The number of aliphatic hydroxyl groups excluding tert-OH is 1. The Morgan fingerprint density at radius 2 is 1.27 bits per heavy atom. The second-order valence-corrected chi connectivity index (χ2v) is 16.1. The number of hydrogen-bond donors (Lipinski definition) is 3. The molecule has 12 nitrogen and oxygen atoms in total. The zero-order chi connectivity index (χ0) is 43.2. The number of carbonyl (C=O) groups excluding carboxylic acids is 1. The molecule has 9 rings (SSSR count). The van der Waals surface area contributed by atoms with Gasteiger partial charge in [0.05, 0.1) is 29.3 Å². The fraction of sp³-hybridized carbons (Fsp3) is 0.375. The van der Waals surface area contributed by atoms with Crippen LogP contribution in [0.3, 0.4) is 0 Å². The van der Waals surface area contributed by atoms with E-state index < -0.39 is 23.9 Å². The lowest BCUT2D eigenvalue weighted by Gasteiger charge is -2.30. The molecule has 2 aromatic heterocycles. The molecule has 4 aliphatic rings. The lowest BCUT2D eigenvalue weighted by Crippen LogP contribution is -2.48. The summed E-state index contributed by atoms with van der Waals surface area (Å²) >= 11 is 0. The third kappa shape index (κ3) is 10.9. The maximum absolute atomic E-state index is 14.8. The smallest absolute Gasteiger partial charge is 0.308 e. The number of carboxylic acids is 1. The molecule has 1 amide bonds. The van der Waals surface area contributed by atoms with Crippen LogP contribution in [0.1, 0.15) is 44.8 Å². The number of aliphatic carboxylic acids is 1. The van der Waals surface area contributed by atoms with Gasteiger partial charge in [0, 0.05) is 43.9 Å². The zero-order valence-electron chi connectivity index (χ0n) is 34.1. The third-order valence-corrected chi connectivity index (χ3v) is 11.8. The van der Waals surface area contributed by atoms with Gasteiger partial charge in [-0.3, -0.25) is 9.59 Å². The minimum atomic E-state index is -1.13. The Kier molecular flexibility index (Phi) is 14.5. The van der Waals surface area contributed by atoms with Gasteiger partial charge in [-0.1, -0.05) is 19.6 Å². The van der Waals surface area contributed by atoms with E-state index in [1.807, 2.05) is 41.3 Å². The Balaban J connectivity index is 0.000000228. The Morgan fingerprint density at radius 1 is 0.730 bits per heavy atom. The number of nitrogens with zero attached hydrogens (tertiary/aromatic N) is 5. The van der Waals surface area contributed by atoms with Gasteiger partial charge in [0.15, 0.2) is 17.3 Å². The van der Waals surface area contributed by atoms with Gasteiger partial charge in [0.2, 0.25) is 5.91 Å². The highest BCUT2D eigenvalue weighted by atomic mass is 19.1. The summed E-state index contributed by atoms with van der Waals surface area (Å²) in [7, 11) is 0. The van der Waals surface area contributed by atoms with Crippen LogP contribution in [-0.2, 0) is 9.59 Å². The maximum Gasteiger partial charge on any atom is 0.308 e. The van der Waals surface area contributed by atoms with Crippen molar-refractivity contribution in [2.75, 3.05) is 68.8 Å². The first-order chi connectivity index (χ1) is 30.1. The van der Waals surface area contributed by atoms with Gasteiger partial charge in [0.1, 0.15) is 42.6 Å². The molecule has 0 bridgehead atoms. The number of pyridine rings is 2. The molecule has 332 valence electrons. The molecule has 4 atom stereocenters. The average molecular weight is 867 g/mol. The van der Waals surface area contributed by atoms with Crippen molar-refractivity contribution in [3.05, 3.63) is 120 Å². The normalized spacial score (nSPS) is 19.1. The Bertz CT molecular complexity index is 2350. The lowest BCUT2D eigenvalue weighted by molar-refractivity contribution is -0.141. The van der Waals surface area contributed by atoms with Gasteiger partial charge in [-0.05, 0) is 129 Å². The van der Waals surface area contributed by atoms with E-state index in [-0.39, 0.29) is 54.9 Å². The summed E-state index contributed by atoms with van der Waals surface area (Å²) in [5.74, 6) is -0.876. The van der Waals surface area contributed by atoms with Crippen LogP contribution >= 0.6 is 0 Å². The number of carboxylic acid groups (broad SMARTS) is 1. The summed E-state index contributed by atoms with van der Waals surface area (Å²) in [5, 5.41) is 23.5. The van der Waals surface area contributed by atoms with E-state index in [1.165, 1.54) is 30.3 Å². The van der Waals surface area contributed by atoms with Gasteiger partial charge in [-0.2, -0.15) is 0 Å². The number of ether oxygens (including phenoxy) is 2. The SMILES string of the molecule is C.O=C(N[C@H](CN1CCCC1)[C@H](O)c1cc(F)c2c(c1)OCCO2)[C@@H]1CCN(c2cccc(-c3ccc(F)cc3)n2)C1.O=C(O)[C@@H]1CCN(c2cccc(-c3ccc(F)cc3)n2)C1. The minimum Gasteiger partial charge on any atom is -0.486 e. The van der Waals surface area contributed by atoms with Gasteiger partial charge >= 0.3 is 5.97 Å². The molecule has 0 aliphatic carbocycles. The molecule has 0 spiro atoms. The number of aliphatic hydroxyl groups is 1. The molecule has 0 radical (unpaired) electrons. The predicted octanol–water partition coefficient (Wildman–Crippen LogP) is 7.37. The van der Waals surface area contributed by atoms with E-state index in [0.717, 1.165) is 60.1 Å². The average Bonchev–Trinajstić information content (AvgIpc) is 4.11. The van der Waals surface area contributed by atoms with Gasteiger partial charge in [-0.25, -0.2) is 23.1 Å². The summed E-state index contributed by atoms with van der Waals surface area (Å²) in [4.78, 5) is 40.1. The quantitative estimate of drug-likeness (QED) is 0.123. The molecule has 3 fully saturated rings. The molecule has 63 heavy (non-hydrogen) atoms. The van der Waals surface area contributed by atoms with Gasteiger partial charge < -0.3 is 39.7 Å². The van der Waals surface area contributed by atoms with Crippen LogP contribution in [0.2, 0.25) is 0 Å². The number of carbonyl (C=O) groups is 2. The highest BCUT2D eigenvalue weighted by Gasteiger charge is 2.34. The number of rotatable bonds is 11. The fourth-order valence-corrected chi connectivity index (χ4v) is 8.42. The summed E-state index contributed by atoms with van der Waals surface area (Å²) in [6, 6.07) is 25.9. The minimum absolute atomic E-state index is 0. The molecule has 5 aromatic rings. The van der Waals surface area contributed by atoms with Crippen molar-refractivity contribution in [1.29, 1.82) is 0 Å². The first-order valence-electron chi connectivity index (χ1n) is 21.1. The number of halogens is 3. The zero-order valence-corrected chi connectivity index (χ0v) is 34.1. The number of fused-ring (bicyclic) bond motifs is 1. The van der Waals surface area contributed by atoms with Crippen LogP contribution in [0.5, 0.6) is 11.5 Å². The molecule has 3 saturated heterocycles. The van der Waals surface area contributed by atoms with E-state index in [9.17, 15) is 27.9 Å². The molecule has 0 saturated carbocycles. The summed E-state index contributed by atoms with van der Waals surface area (Å²) in [5.41, 5.74) is 3.48. The number of hydrogen-bond acceptors (Lipinski definition) is 10. The third-order valence-electron chi connectivity index (χ3n) is 11.8. The number of amides is 1. The second kappa shape index (κ2) is 20.3. The van der Waals surface area contributed by atoms with Crippen molar-refractivity contribution in [1.82, 2.24) is 20.2 Å². The number of anilines is 2. The van der Waals surface area contributed by atoms with Crippen LogP contribution in [0.4, 0.5) is 24.8 Å². The Labute approximate surface area is 365 Å². The largest absolute Gasteiger partial charge is 0.486 e. The van der Waals surface area contributed by atoms with Crippen LogP contribution in [0.15, 0.2) is 97.1 Å². The first kappa shape index (κ1) is 44.9. The van der Waals surface area contributed by atoms with Crippen molar-refractivity contribution in [3.8, 4) is 34.0 Å². The van der Waals surface area contributed by atoms with Crippen LogP contribution in [-0.4, -0.2) is 102 Å². The van der Waals surface area contributed by atoms with Gasteiger partial charge in [0.25, 0.3) is 0 Å². The Morgan fingerprint density at radius 3 is 1.83 bits per heavy atom. The van der Waals surface area contributed by atoms with Crippen molar-refractivity contribution in [2.45, 2.75) is 45.3 Å². The topological polar surface area (TPSA) is 141 Å². The van der Waals surface area contributed by atoms with E-state index >= 15 is 0 Å². The van der Waals surface area contributed by atoms with E-state index in [4.69, 9.17) is 19.6 Å². The second-order valence-electron chi connectivity index (χ2n) is 16.1. The summed E-state index contributed by atoms with van der Waals surface area (Å²) in [6.45, 7) is 5.13. The standard InChI is InChI=1S/C31H34F2N4O4.C16H15FN2O2.CH4/c32-23-8-6-20(7-9-23)25-4-3-5-28(34-25)37-13-10-21(18-37)31(39)35-26(19-36-11-1-2-12-36)29(38)22-16-24(33)30-27(17-22)40-14-15-41-30;17-13-6-4-11(5-7-13)14-2-1-3-15(18-14)19-9-8-12(10-19)16(20)21;/h3-9,16-17,21,26,29,38H,1-2,10-15,18-19H2,(H,35,39);1-7,12H,8-10H2,(H,20,21);1H4/t21-,26-,29-;12-;/m11./s1. The highest BCUT2D eigenvalue weighted by Crippen LogP contribution is 2.37. The molecular formula is C48H53F3N6O6. The molecule has 0 unspecified atom stereocenters. The number of likely N-dealkylation sites (tertiary alicyclic amines) is 1. The van der Waals surface area contributed by atoms with E-state index in [2.05, 4.69) is 20.1 Å². The number of nitrogens with one attached hydrogen (secondary N) is 1. The van der Waals surface area contributed by atoms with E-state index in [1.54, 1.807) is 30.3 Å². The summed E-state index contributed by atoms with van der Waals surface area (Å²) in [6.07, 6.45) is 2.28. The van der Waals surface area contributed by atoms with Gasteiger partial charge in [-0.15, -0.1) is 0 Å². The number of benzene rings is 3. The van der Waals surface area contributed by atoms with Crippen molar-refractivity contribution in [2.24, 2.45) is 11.8 Å². The van der Waals surface area contributed by atoms with Crippen LogP contribution in [0.25, 0.3) is 22.5 Å². The fourth-order valence-electron chi connectivity index (χ4n) is 8.42. The Hall–Kier alpha value is -6.19. The first-order valence-corrected chi connectivity index (χ1v) is 21.1. The number of aromatic nitrogens is 2.